The molecule has 0 rings (SSSR count). The second kappa shape index (κ2) is 63.4. The van der Waals surface area contributed by atoms with E-state index in [1.54, 1.807) is 0 Å². The number of hydrogen-bond donors (Lipinski definition) is 0. The van der Waals surface area contributed by atoms with Gasteiger partial charge in [-0.2, -0.15) is 0 Å². The van der Waals surface area contributed by atoms with Crippen LogP contribution >= 0.6 is 0 Å². The van der Waals surface area contributed by atoms with Crippen LogP contribution in [-0.2, 0) is 23.8 Å². The Morgan fingerprint density at radius 1 is 0.306 bits per heavy atom. The molecule has 424 valence electrons. The fraction of sp³-hybridized carbons (Fsp3) is 0.881. The number of unbranched alkanes of at least 4 members (excludes halogenated alkanes) is 44. The van der Waals surface area contributed by atoms with Crippen molar-refractivity contribution >= 4 is 11.9 Å². The van der Waals surface area contributed by atoms with Crippen LogP contribution in [0.2, 0.25) is 0 Å². The zero-order chi connectivity index (χ0) is 52.0. The van der Waals surface area contributed by atoms with Gasteiger partial charge >= 0.3 is 11.9 Å². The summed E-state index contributed by atoms with van der Waals surface area (Å²) >= 11 is 0. The molecule has 5 nitrogen and oxygen atoms in total. The second-order valence-corrected chi connectivity index (χ2v) is 22.0. The first-order valence-corrected chi connectivity index (χ1v) is 32.5. The fourth-order valence-corrected chi connectivity index (χ4v) is 9.77. The standard InChI is InChI=1S/C67H126O5/c1-4-7-10-13-16-19-22-25-28-31-34-36-39-42-45-48-51-54-57-60-66(68)71-64-65(63-70-62-59-56-53-50-47-44-41-38-33-30-27-24-21-18-15-12-9-6-3)72-67(69)61-58-55-52-49-46-43-40-37-35-32-29-26-23-20-17-14-11-8-5-2/h16,19,25-26,28-29,65H,4-15,17-18,20-24,27,30-64H2,1-3H3/b19-16-,28-25-,29-26-. The van der Waals surface area contributed by atoms with Crippen LogP contribution in [0, 0.1) is 0 Å². The number of carbonyl (C=O) groups excluding carboxylic acids is 2. The Bertz CT molecular complexity index is 1140. The van der Waals surface area contributed by atoms with Crippen molar-refractivity contribution in [2.75, 3.05) is 19.8 Å². The number of allylic oxidation sites excluding steroid dienone is 6. The lowest BCUT2D eigenvalue weighted by atomic mass is 10.0. The second-order valence-electron chi connectivity index (χ2n) is 22.0. The Morgan fingerprint density at radius 2 is 0.583 bits per heavy atom. The van der Waals surface area contributed by atoms with E-state index in [1.165, 1.54) is 283 Å². The van der Waals surface area contributed by atoms with E-state index in [2.05, 4.69) is 57.2 Å². The lowest BCUT2D eigenvalue weighted by Crippen LogP contribution is -2.30. The van der Waals surface area contributed by atoms with Crippen molar-refractivity contribution in [1.82, 2.24) is 0 Å². The summed E-state index contributed by atoms with van der Waals surface area (Å²) in [7, 11) is 0. The summed E-state index contributed by atoms with van der Waals surface area (Å²) < 4.78 is 17.6. The highest BCUT2D eigenvalue weighted by molar-refractivity contribution is 5.70. The Labute approximate surface area is 450 Å². The van der Waals surface area contributed by atoms with E-state index >= 15 is 0 Å². The quantitative estimate of drug-likeness (QED) is 0.0345. The molecular weight excluding hydrogens is 885 g/mol. The summed E-state index contributed by atoms with van der Waals surface area (Å²) in [5, 5.41) is 0. The van der Waals surface area contributed by atoms with Gasteiger partial charge in [-0.15, -0.1) is 0 Å². The van der Waals surface area contributed by atoms with Gasteiger partial charge in [-0.1, -0.05) is 301 Å². The minimum absolute atomic E-state index is 0.0884. The van der Waals surface area contributed by atoms with Crippen LogP contribution in [0.4, 0.5) is 0 Å². The van der Waals surface area contributed by atoms with Crippen molar-refractivity contribution < 1.29 is 23.8 Å². The molecule has 0 aromatic heterocycles. The molecule has 0 aliphatic heterocycles. The van der Waals surface area contributed by atoms with Gasteiger partial charge in [0.15, 0.2) is 6.10 Å². The molecule has 0 radical (unpaired) electrons. The highest BCUT2D eigenvalue weighted by atomic mass is 16.6. The molecule has 0 aromatic rings. The minimum atomic E-state index is -0.536. The van der Waals surface area contributed by atoms with Gasteiger partial charge in [-0.3, -0.25) is 9.59 Å². The maximum absolute atomic E-state index is 12.9. The Hall–Kier alpha value is -1.88. The molecule has 0 N–H and O–H groups in total. The number of rotatable bonds is 61. The van der Waals surface area contributed by atoms with Gasteiger partial charge in [0.1, 0.15) is 6.61 Å². The van der Waals surface area contributed by atoms with Crippen molar-refractivity contribution in [2.45, 2.75) is 361 Å². The highest BCUT2D eigenvalue weighted by Gasteiger charge is 2.18. The monoisotopic (exact) mass is 1010 g/mol. The summed E-state index contributed by atoms with van der Waals surface area (Å²) in [5.74, 6) is -0.380. The summed E-state index contributed by atoms with van der Waals surface area (Å²) in [6.07, 6.45) is 79.0. The largest absolute Gasteiger partial charge is 0.462 e. The van der Waals surface area contributed by atoms with E-state index in [9.17, 15) is 9.59 Å². The first-order valence-electron chi connectivity index (χ1n) is 32.5. The SMILES string of the molecule is CCCCC/C=C\C/C=C\CCCCCCCCCCCC(=O)OCC(COCCCCCCCCCCCCCCCCCCCC)OC(=O)CCCCCCCCCCC/C=C\CCCCCCCC. The number of esters is 2. The molecule has 0 aromatic carbocycles. The molecule has 0 heterocycles. The van der Waals surface area contributed by atoms with E-state index in [4.69, 9.17) is 14.2 Å². The fourth-order valence-electron chi connectivity index (χ4n) is 9.77. The molecule has 0 spiro atoms. The molecule has 0 saturated carbocycles. The molecule has 1 unspecified atom stereocenters. The van der Waals surface area contributed by atoms with Gasteiger partial charge in [0.05, 0.1) is 6.61 Å². The van der Waals surface area contributed by atoms with E-state index in [1.807, 2.05) is 0 Å². The third-order valence-corrected chi connectivity index (χ3v) is 14.6. The maximum Gasteiger partial charge on any atom is 0.306 e. The molecule has 0 saturated heterocycles. The third kappa shape index (κ3) is 60.7. The van der Waals surface area contributed by atoms with Crippen LogP contribution in [0.25, 0.3) is 0 Å². The zero-order valence-corrected chi connectivity index (χ0v) is 49.0. The third-order valence-electron chi connectivity index (χ3n) is 14.6. The summed E-state index contributed by atoms with van der Waals surface area (Å²) in [5.41, 5.74) is 0. The molecular formula is C67H126O5. The smallest absolute Gasteiger partial charge is 0.306 e. The minimum Gasteiger partial charge on any atom is -0.462 e. The van der Waals surface area contributed by atoms with Crippen molar-refractivity contribution in [2.24, 2.45) is 0 Å². The van der Waals surface area contributed by atoms with E-state index in [-0.39, 0.29) is 18.5 Å². The van der Waals surface area contributed by atoms with Crippen LogP contribution < -0.4 is 0 Å². The maximum atomic E-state index is 12.9. The molecule has 1 atom stereocenters. The predicted molar refractivity (Wildman–Crippen MR) is 316 cm³/mol. The summed E-state index contributed by atoms with van der Waals surface area (Å²) in [6.45, 7) is 7.88. The normalized spacial score (nSPS) is 12.3. The van der Waals surface area contributed by atoms with Gasteiger partial charge in [0, 0.05) is 19.4 Å². The average Bonchev–Trinajstić information content (AvgIpc) is 3.38. The highest BCUT2D eigenvalue weighted by Crippen LogP contribution is 2.17. The molecule has 72 heavy (non-hydrogen) atoms. The van der Waals surface area contributed by atoms with Gasteiger partial charge in [0.2, 0.25) is 0 Å². The van der Waals surface area contributed by atoms with Gasteiger partial charge < -0.3 is 14.2 Å². The summed E-state index contributed by atoms with van der Waals surface area (Å²) in [4.78, 5) is 25.6. The topological polar surface area (TPSA) is 61.8 Å². The van der Waals surface area contributed by atoms with Crippen molar-refractivity contribution in [3.05, 3.63) is 36.5 Å². The average molecular weight is 1010 g/mol. The molecule has 5 heteroatoms. The molecule has 0 bridgehead atoms. The van der Waals surface area contributed by atoms with Gasteiger partial charge in [-0.25, -0.2) is 0 Å². The van der Waals surface area contributed by atoms with Crippen LogP contribution in [-0.4, -0.2) is 37.9 Å². The number of carbonyl (C=O) groups is 2. The van der Waals surface area contributed by atoms with Crippen LogP contribution in [0.5, 0.6) is 0 Å². The lowest BCUT2D eigenvalue weighted by molar-refractivity contribution is -0.163. The zero-order valence-electron chi connectivity index (χ0n) is 49.0. The Kier molecular flexibility index (Phi) is 61.8. The van der Waals surface area contributed by atoms with Crippen molar-refractivity contribution in [3.8, 4) is 0 Å². The lowest BCUT2D eigenvalue weighted by Gasteiger charge is -2.18. The first-order chi connectivity index (χ1) is 35.6. The van der Waals surface area contributed by atoms with Gasteiger partial charge in [0.25, 0.3) is 0 Å². The molecule has 0 amide bonds. The first kappa shape index (κ1) is 70.1. The Balaban J connectivity index is 4.24. The Morgan fingerprint density at radius 3 is 0.958 bits per heavy atom. The molecule has 0 aliphatic rings. The molecule has 0 aliphatic carbocycles. The predicted octanol–water partition coefficient (Wildman–Crippen LogP) is 22.5. The van der Waals surface area contributed by atoms with Crippen LogP contribution in [0.15, 0.2) is 36.5 Å². The molecule has 0 fully saturated rings. The van der Waals surface area contributed by atoms with Crippen LogP contribution in [0.1, 0.15) is 355 Å². The van der Waals surface area contributed by atoms with Crippen LogP contribution in [0.3, 0.4) is 0 Å². The number of ether oxygens (including phenoxy) is 3. The number of hydrogen-bond acceptors (Lipinski definition) is 5. The van der Waals surface area contributed by atoms with E-state index < -0.39 is 6.10 Å². The van der Waals surface area contributed by atoms with Gasteiger partial charge in [-0.05, 0) is 77.0 Å². The summed E-state index contributed by atoms with van der Waals surface area (Å²) in [6, 6.07) is 0. The van der Waals surface area contributed by atoms with E-state index in [0.29, 0.717) is 26.1 Å². The van der Waals surface area contributed by atoms with E-state index in [0.717, 1.165) is 38.5 Å². The van der Waals surface area contributed by atoms with Crippen molar-refractivity contribution in [1.29, 1.82) is 0 Å². The van der Waals surface area contributed by atoms with Crippen molar-refractivity contribution in [3.63, 3.8) is 0 Å².